The van der Waals surface area contributed by atoms with Gasteiger partial charge in [-0.15, -0.1) is 0 Å². The van der Waals surface area contributed by atoms with Crippen LogP contribution in [0, 0.1) is 0 Å². The van der Waals surface area contributed by atoms with Crippen LogP contribution in [-0.4, -0.2) is 24.4 Å². The van der Waals surface area contributed by atoms with E-state index in [1.165, 1.54) is 12.8 Å². The molecule has 0 saturated heterocycles. The van der Waals surface area contributed by atoms with E-state index in [-0.39, 0.29) is 17.7 Å². The predicted molar refractivity (Wildman–Crippen MR) is 107 cm³/mol. The van der Waals surface area contributed by atoms with Crippen molar-refractivity contribution >= 4 is 11.8 Å². The highest BCUT2D eigenvalue weighted by Crippen LogP contribution is 2.27. The number of carbonyl (C=O) groups excluding carboxylic acids is 2. The zero-order chi connectivity index (χ0) is 18.9. The molecular formula is C23H28N2O2. The van der Waals surface area contributed by atoms with Gasteiger partial charge in [0.25, 0.3) is 0 Å². The third kappa shape index (κ3) is 5.95. The molecule has 1 aliphatic rings. The van der Waals surface area contributed by atoms with Crippen LogP contribution in [0.25, 0.3) is 0 Å². The fraction of sp³-hybridized carbons (Fsp3) is 0.391. The molecule has 1 fully saturated rings. The lowest BCUT2D eigenvalue weighted by molar-refractivity contribution is -0.122. The zero-order valence-corrected chi connectivity index (χ0v) is 15.7. The maximum absolute atomic E-state index is 12.5. The highest BCUT2D eigenvalue weighted by Gasteiger charge is 2.19. The second-order valence-corrected chi connectivity index (χ2v) is 7.23. The highest BCUT2D eigenvalue weighted by molar-refractivity contribution is 5.80. The molecule has 4 nitrogen and oxygen atoms in total. The predicted octanol–water partition coefficient (Wildman–Crippen LogP) is 3.77. The summed E-state index contributed by atoms with van der Waals surface area (Å²) in [5.74, 6) is 0.0194. The van der Waals surface area contributed by atoms with E-state index in [0.29, 0.717) is 25.4 Å². The average Bonchev–Trinajstić information content (AvgIpc) is 3.20. The topological polar surface area (TPSA) is 58.2 Å². The summed E-state index contributed by atoms with van der Waals surface area (Å²) in [5, 5.41) is 5.96. The number of benzene rings is 2. The van der Waals surface area contributed by atoms with Gasteiger partial charge in [0.1, 0.15) is 0 Å². The standard InChI is InChI=1S/C23H28N2O2/c26-22(25-20-13-7-8-14-20)15-16-24-23(27)17-21(18-9-3-1-4-10-18)19-11-5-2-6-12-19/h1-6,9-12,20-21H,7-8,13-17H2,(H,24,27)(H,25,26). The fourth-order valence-corrected chi connectivity index (χ4v) is 3.74. The van der Waals surface area contributed by atoms with Gasteiger partial charge in [-0.1, -0.05) is 73.5 Å². The van der Waals surface area contributed by atoms with Gasteiger partial charge in [0, 0.05) is 31.3 Å². The van der Waals surface area contributed by atoms with Crippen LogP contribution >= 0.6 is 0 Å². The van der Waals surface area contributed by atoms with Gasteiger partial charge in [-0.05, 0) is 24.0 Å². The summed E-state index contributed by atoms with van der Waals surface area (Å²) in [5.41, 5.74) is 2.25. The molecule has 2 N–H and O–H groups in total. The molecule has 2 aromatic carbocycles. The highest BCUT2D eigenvalue weighted by atomic mass is 16.2. The lowest BCUT2D eigenvalue weighted by atomic mass is 9.88. The Hall–Kier alpha value is -2.62. The van der Waals surface area contributed by atoms with E-state index in [1.54, 1.807) is 0 Å². The molecule has 2 amide bonds. The fourth-order valence-electron chi connectivity index (χ4n) is 3.74. The lowest BCUT2D eigenvalue weighted by Crippen LogP contribution is -2.35. The van der Waals surface area contributed by atoms with Crippen LogP contribution in [0.15, 0.2) is 60.7 Å². The second-order valence-electron chi connectivity index (χ2n) is 7.23. The Morgan fingerprint density at radius 3 is 1.96 bits per heavy atom. The van der Waals surface area contributed by atoms with Crippen LogP contribution < -0.4 is 10.6 Å². The van der Waals surface area contributed by atoms with Gasteiger partial charge in [-0.2, -0.15) is 0 Å². The number of nitrogens with one attached hydrogen (secondary N) is 2. The SMILES string of the molecule is O=C(CC(c1ccccc1)c1ccccc1)NCCC(=O)NC1CCCC1. The first kappa shape index (κ1) is 19.2. The molecule has 0 aromatic heterocycles. The normalized spacial score (nSPS) is 14.3. The van der Waals surface area contributed by atoms with Crippen LogP contribution in [0.1, 0.15) is 55.6 Å². The van der Waals surface area contributed by atoms with Crippen LogP contribution in [-0.2, 0) is 9.59 Å². The van der Waals surface area contributed by atoms with E-state index in [9.17, 15) is 9.59 Å². The molecule has 3 rings (SSSR count). The number of hydrogen-bond donors (Lipinski definition) is 2. The molecule has 0 aliphatic heterocycles. The van der Waals surface area contributed by atoms with Gasteiger partial charge in [0.2, 0.25) is 11.8 Å². The van der Waals surface area contributed by atoms with Crippen molar-refractivity contribution in [2.24, 2.45) is 0 Å². The van der Waals surface area contributed by atoms with E-state index in [4.69, 9.17) is 0 Å². The van der Waals surface area contributed by atoms with Crippen molar-refractivity contribution in [1.82, 2.24) is 10.6 Å². The van der Waals surface area contributed by atoms with Gasteiger partial charge >= 0.3 is 0 Å². The van der Waals surface area contributed by atoms with Crippen LogP contribution in [0.3, 0.4) is 0 Å². The molecule has 1 aliphatic carbocycles. The second kappa shape index (κ2) is 9.91. The maximum Gasteiger partial charge on any atom is 0.221 e. The summed E-state index contributed by atoms with van der Waals surface area (Å²) in [6.45, 7) is 0.383. The first-order valence-corrected chi connectivity index (χ1v) is 9.88. The lowest BCUT2D eigenvalue weighted by Gasteiger charge is -2.18. The van der Waals surface area contributed by atoms with Crippen LogP contribution in [0.4, 0.5) is 0 Å². The smallest absolute Gasteiger partial charge is 0.221 e. The van der Waals surface area contributed by atoms with Gasteiger partial charge < -0.3 is 10.6 Å². The zero-order valence-electron chi connectivity index (χ0n) is 15.7. The molecular weight excluding hydrogens is 336 g/mol. The van der Waals surface area contributed by atoms with Crippen LogP contribution in [0.2, 0.25) is 0 Å². The molecule has 4 heteroatoms. The van der Waals surface area contributed by atoms with Crippen LogP contribution in [0.5, 0.6) is 0 Å². The Kier molecular flexibility index (Phi) is 7.03. The van der Waals surface area contributed by atoms with Gasteiger partial charge in [0.15, 0.2) is 0 Å². The molecule has 0 atom stereocenters. The molecule has 2 aromatic rings. The van der Waals surface area contributed by atoms with E-state index in [2.05, 4.69) is 34.9 Å². The third-order valence-corrected chi connectivity index (χ3v) is 5.19. The minimum atomic E-state index is -0.0265. The first-order chi connectivity index (χ1) is 13.2. The number of carbonyl (C=O) groups is 2. The summed E-state index contributed by atoms with van der Waals surface area (Å²) in [7, 11) is 0. The number of hydrogen-bond acceptors (Lipinski definition) is 2. The van der Waals surface area contributed by atoms with Crippen molar-refractivity contribution in [3.8, 4) is 0 Å². The van der Waals surface area contributed by atoms with Gasteiger partial charge in [0.05, 0.1) is 0 Å². The molecule has 0 bridgehead atoms. The van der Waals surface area contributed by atoms with Gasteiger partial charge in [-0.25, -0.2) is 0 Å². The molecule has 0 heterocycles. The summed E-state index contributed by atoms with van der Waals surface area (Å²) in [4.78, 5) is 24.5. The molecule has 0 unspecified atom stereocenters. The van der Waals surface area contributed by atoms with Crippen molar-refractivity contribution in [1.29, 1.82) is 0 Å². The summed E-state index contributed by atoms with van der Waals surface area (Å²) >= 11 is 0. The Balaban J connectivity index is 1.51. The van der Waals surface area contributed by atoms with Crippen molar-refractivity contribution < 1.29 is 9.59 Å². The number of amides is 2. The minimum Gasteiger partial charge on any atom is -0.356 e. The van der Waals surface area contributed by atoms with Crippen molar-refractivity contribution in [3.05, 3.63) is 71.8 Å². The molecule has 142 valence electrons. The molecule has 0 spiro atoms. The van der Waals surface area contributed by atoms with E-state index in [1.807, 2.05) is 36.4 Å². The van der Waals surface area contributed by atoms with E-state index in [0.717, 1.165) is 24.0 Å². The largest absolute Gasteiger partial charge is 0.356 e. The molecule has 27 heavy (non-hydrogen) atoms. The molecule has 1 saturated carbocycles. The summed E-state index contributed by atoms with van der Waals surface area (Å²) in [6, 6.07) is 20.5. The Bertz CT molecular complexity index is 685. The summed E-state index contributed by atoms with van der Waals surface area (Å²) < 4.78 is 0. The average molecular weight is 364 g/mol. The summed E-state index contributed by atoms with van der Waals surface area (Å²) in [6.07, 6.45) is 5.26. The Morgan fingerprint density at radius 2 is 1.41 bits per heavy atom. The number of rotatable bonds is 8. The Morgan fingerprint density at radius 1 is 0.852 bits per heavy atom. The minimum absolute atomic E-state index is 0.0136. The van der Waals surface area contributed by atoms with Crippen molar-refractivity contribution in [3.63, 3.8) is 0 Å². The Labute approximate surface area is 161 Å². The van der Waals surface area contributed by atoms with E-state index >= 15 is 0 Å². The van der Waals surface area contributed by atoms with Crippen molar-refractivity contribution in [2.45, 2.75) is 50.5 Å². The van der Waals surface area contributed by atoms with Gasteiger partial charge in [-0.3, -0.25) is 9.59 Å². The molecule has 0 radical (unpaired) electrons. The first-order valence-electron chi connectivity index (χ1n) is 9.88. The maximum atomic E-state index is 12.5. The quantitative estimate of drug-likeness (QED) is 0.749. The van der Waals surface area contributed by atoms with Crippen molar-refractivity contribution in [2.75, 3.05) is 6.54 Å². The van der Waals surface area contributed by atoms with E-state index < -0.39 is 0 Å². The monoisotopic (exact) mass is 364 g/mol. The third-order valence-electron chi connectivity index (χ3n) is 5.19.